The Morgan fingerprint density at radius 2 is 2.22 bits per heavy atom. The van der Waals surface area contributed by atoms with Crippen molar-refractivity contribution < 1.29 is 9.90 Å². The third kappa shape index (κ3) is 3.74. The van der Waals surface area contributed by atoms with Crippen molar-refractivity contribution in [3.05, 3.63) is 23.4 Å². The van der Waals surface area contributed by atoms with E-state index in [9.17, 15) is 4.79 Å². The molecule has 1 atom stereocenters. The van der Waals surface area contributed by atoms with Crippen LogP contribution in [-0.4, -0.2) is 22.1 Å². The second-order valence-corrected chi connectivity index (χ2v) is 4.64. The van der Waals surface area contributed by atoms with Gasteiger partial charge in [0.2, 0.25) is 0 Å². The molecule has 0 bridgehead atoms. The molecular weight excluding hydrogens is 230 g/mol. The van der Waals surface area contributed by atoms with Crippen LogP contribution in [0.3, 0.4) is 0 Å². The number of nitrogens with one attached hydrogen (secondary N) is 1. The number of carboxylic acids is 1. The molecule has 0 aliphatic carbocycles. The molecule has 1 rings (SSSR count). The van der Waals surface area contributed by atoms with Crippen LogP contribution in [0.25, 0.3) is 0 Å². The Labute approximate surface area is 106 Å². The van der Waals surface area contributed by atoms with E-state index in [4.69, 9.17) is 10.4 Å². The largest absolute Gasteiger partial charge is 0.480 e. The lowest BCUT2D eigenvalue weighted by atomic mass is 10.0. The lowest BCUT2D eigenvalue weighted by molar-refractivity contribution is -0.138. The van der Waals surface area contributed by atoms with E-state index in [-0.39, 0.29) is 5.92 Å². The monoisotopic (exact) mass is 247 g/mol. The SMILES string of the molecule is Cc1ccc(NC(CC(C)C)C(=O)O)nc1C#N. The fourth-order valence-electron chi connectivity index (χ4n) is 1.59. The van der Waals surface area contributed by atoms with Gasteiger partial charge in [-0.15, -0.1) is 0 Å². The molecule has 0 radical (unpaired) electrons. The molecule has 5 nitrogen and oxygen atoms in total. The number of nitrogens with zero attached hydrogens (tertiary/aromatic N) is 2. The summed E-state index contributed by atoms with van der Waals surface area (Å²) in [5.74, 6) is -0.228. The molecule has 18 heavy (non-hydrogen) atoms. The van der Waals surface area contributed by atoms with Crippen LogP contribution < -0.4 is 5.32 Å². The van der Waals surface area contributed by atoms with E-state index >= 15 is 0 Å². The van der Waals surface area contributed by atoms with Gasteiger partial charge in [-0.3, -0.25) is 0 Å². The van der Waals surface area contributed by atoms with Gasteiger partial charge in [-0.05, 0) is 30.9 Å². The van der Waals surface area contributed by atoms with E-state index < -0.39 is 12.0 Å². The van der Waals surface area contributed by atoms with Gasteiger partial charge in [-0.1, -0.05) is 19.9 Å². The highest BCUT2D eigenvalue weighted by molar-refractivity contribution is 5.76. The summed E-state index contributed by atoms with van der Waals surface area (Å²) in [4.78, 5) is 15.2. The van der Waals surface area contributed by atoms with E-state index in [0.29, 0.717) is 17.9 Å². The highest BCUT2D eigenvalue weighted by Gasteiger charge is 2.19. The highest BCUT2D eigenvalue weighted by Crippen LogP contribution is 2.14. The second-order valence-electron chi connectivity index (χ2n) is 4.64. The van der Waals surface area contributed by atoms with Gasteiger partial charge in [0, 0.05) is 0 Å². The maximum atomic E-state index is 11.1. The molecular formula is C13H17N3O2. The van der Waals surface area contributed by atoms with Gasteiger partial charge in [0.15, 0.2) is 0 Å². The first-order chi connectivity index (χ1) is 8.43. The molecule has 0 spiro atoms. The maximum absolute atomic E-state index is 11.1. The van der Waals surface area contributed by atoms with Crippen molar-refractivity contribution in [1.29, 1.82) is 5.26 Å². The van der Waals surface area contributed by atoms with Crippen LogP contribution in [0.4, 0.5) is 5.82 Å². The molecule has 0 saturated heterocycles. The maximum Gasteiger partial charge on any atom is 0.326 e. The van der Waals surface area contributed by atoms with Crippen molar-refractivity contribution in [2.45, 2.75) is 33.2 Å². The van der Waals surface area contributed by atoms with E-state index in [1.165, 1.54) is 0 Å². The third-order valence-electron chi connectivity index (χ3n) is 2.53. The molecule has 0 amide bonds. The van der Waals surface area contributed by atoms with Crippen molar-refractivity contribution >= 4 is 11.8 Å². The van der Waals surface area contributed by atoms with Crippen molar-refractivity contribution in [2.24, 2.45) is 5.92 Å². The van der Waals surface area contributed by atoms with Crippen LogP contribution in [0.15, 0.2) is 12.1 Å². The first kappa shape index (κ1) is 14.0. The summed E-state index contributed by atoms with van der Waals surface area (Å²) in [6.07, 6.45) is 0.507. The molecule has 5 heteroatoms. The topological polar surface area (TPSA) is 86.0 Å². The smallest absolute Gasteiger partial charge is 0.326 e. The van der Waals surface area contributed by atoms with Crippen LogP contribution in [0.5, 0.6) is 0 Å². The average Bonchev–Trinajstić information content (AvgIpc) is 2.29. The Bertz CT molecular complexity index is 478. The lowest BCUT2D eigenvalue weighted by Gasteiger charge is -2.17. The summed E-state index contributed by atoms with van der Waals surface area (Å²) < 4.78 is 0. The van der Waals surface area contributed by atoms with Crippen molar-refractivity contribution in [3.63, 3.8) is 0 Å². The lowest BCUT2D eigenvalue weighted by Crippen LogP contribution is -2.31. The Morgan fingerprint density at radius 1 is 1.56 bits per heavy atom. The Morgan fingerprint density at radius 3 is 2.72 bits per heavy atom. The number of carboxylic acid groups (broad SMARTS) is 1. The summed E-state index contributed by atoms with van der Waals surface area (Å²) in [7, 11) is 0. The minimum absolute atomic E-state index is 0.263. The molecule has 0 saturated carbocycles. The zero-order valence-electron chi connectivity index (χ0n) is 10.8. The van der Waals surface area contributed by atoms with Gasteiger partial charge < -0.3 is 10.4 Å². The molecule has 0 aliphatic heterocycles. The van der Waals surface area contributed by atoms with Crippen LogP contribution in [0, 0.1) is 24.2 Å². The quantitative estimate of drug-likeness (QED) is 0.832. The summed E-state index contributed by atoms with van der Waals surface area (Å²) >= 11 is 0. The Hall–Kier alpha value is -2.09. The highest BCUT2D eigenvalue weighted by atomic mass is 16.4. The number of anilines is 1. The molecule has 1 aromatic heterocycles. The number of pyridine rings is 1. The zero-order chi connectivity index (χ0) is 13.7. The summed E-state index contributed by atoms with van der Waals surface area (Å²) in [5.41, 5.74) is 1.09. The third-order valence-corrected chi connectivity index (χ3v) is 2.53. The van der Waals surface area contributed by atoms with Crippen molar-refractivity contribution in [1.82, 2.24) is 4.98 Å². The van der Waals surface area contributed by atoms with Crippen LogP contribution in [0.2, 0.25) is 0 Å². The average molecular weight is 247 g/mol. The van der Waals surface area contributed by atoms with Gasteiger partial charge in [-0.25, -0.2) is 9.78 Å². The molecule has 96 valence electrons. The normalized spacial score (nSPS) is 11.9. The van der Waals surface area contributed by atoms with Crippen LogP contribution >= 0.6 is 0 Å². The molecule has 1 aromatic rings. The Balaban J connectivity index is 2.88. The number of rotatable bonds is 5. The Kier molecular flexibility index (Phi) is 4.67. The van der Waals surface area contributed by atoms with Crippen molar-refractivity contribution in [2.75, 3.05) is 5.32 Å². The molecule has 1 unspecified atom stereocenters. The van der Waals surface area contributed by atoms with Crippen LogP contribution in [-0.2, 0) is 4.79 Å². The zero-order valence-corrected chi connectivity index (χ0v) is 10.8. The standard InChI is InChI=1S/C13H17N3O2/c1-8(2)6-10(13(17)18)15-12-5-4-9(3)11(7-14)16-12/h4-5,8,10H,6H2,1-3H3,(H,15,16)(H,17,18). The van der Waals surface area contributed by atoms with Gasteiger partial charge >= 0.3 is 5.97 Å². The molecule has 0 aromatic carbocycles. The van der Waals surface area contributed by atoms with Gasteiger partial charge in [0.05, 0.1) is 0 Å². The van der Waals surface area contributed by atoms with Crippen molar-refractivity contribution in [3.8, 4) is 6.07 Å². The first-order valence-corrected chi connectivity index (χ1v) is 5.81. The summed E-state index contributed by atoms with van der Waals surface area (Å²) in [6, 6.07) is 4.73. The van der Waals surface area contributed by atoms with Gasteiger partial charge in [-0.2, -0.15) is 5.26 Å². The first-order valence-electron chi connectivity index (χ1n) is 5.81. The fraction of sp³-hybridized carbons (Fsp3) is 0.462. The number of hydrogen-bond donors (Lipinski definition) is 2. The molecule has 2 N–H and O–H groups in total. The number of hydrogen-bond acceptors (Lipinski definition) is 4. The van der Waals surface area contributed by atoms with Gasteiger partial charge in [0.1, 0.15) is 23.6 Å². The number of aliphatic carboxylic acids is 1. The number of nitriles is 1. The predicted molar refractivity (Wildman–Crippen MR) is 68.2 cm³/mol. The van der Waals surface area contributed by atoms with E-state index in [2.05, 4.69) is 10.3 Å². The number of aromatic nitrogens is 1. The molecule has 0 fully saturated rings. The minimum atomic E-state index is -0.912. The minimum Gasteiger partial charge on any atom is -0.480 e. The molecule has 0 aliphatic rings. The summed E-state index contributed by atoms with van der Waals surface area (Å²) in [6.45, 7) is 5.71. The number of aryl methyl sites for hydroxylation is 1. The number of carbonyl (C=O) groups is 1. The van der Waals surface area contributed by atoms with E-state index in [1.54, 1.807) is 19.1 Å². The predicted octanol–water partition coefficient (Wildman–Crippen LogP) is 2.17. The molecule has 1 heterocycles. The van der Waals surface area contributed by atoms with Crippen LogP contribution in [0.1, 0.15) is 31.5 Å². The summed E-state index contributed by atoms with van der Waals surface area (Å²) in [5, 5.41) is 20.8. The van der Waals surface area contributed by atoms with E-state index in [0.717, 1.165) is 5.56 Å². The second kappa shape index (κ2) is 6.01. The van der Waals surface area contributed by atoms with E-state index in [1.807, 2.05) is 19.9 Å². The van der Waals surface area contributed by atoms with Gasteiger partial charge in [0.25, 0.3) is 0 Å². The fourth-order valence-corrected chi connectivity index (χ4v) is 1.59.